The van der Waals surface area contributed by atoms with Gasteiger partial charge in [-0.25, -0.2) is 4.79 Å². The van der Waals surface area contributed by atoms with Gasteiger partial charge in [0, 0.05) is 0 Å². The Hall–Kier alpha value is -1.51. The summed E-state index contributed by atoms with van der Waals surface area (Å²) in [6.45, 7) is 12.6. The minimum atomic E-state index is -0.263. The van der Waals surface area contributed by atoms with Crippen LogP contribution in [0.25, 0.3) is 0 Å². The number of aryl methyl sites for hydroxylation is 1. The standard InChI is InChI=1S/C17H26O3/c1-7-8-19-16-9-13(6)15(10-14(16)11(2)3)17(18)20-12(4)5/h9-12H,7-8H2,1-6H3. The zero-order valence-electron chi connectivity index (χ0n) is 13.4. The maximum absolute atomic E-state index is 12.1. The van der Waals surface area contributed by atoms with Gasteiger partial charge in [0.2, 0.25) is 0 Å². The Bertz CT molecular complexity index is 462. The molecule has 0 aliphatic carbocycles. The first-order chi connectivity index (χ1) is 9.36. The Morgan fingerprint density at radius 2 is 1.85 bits per heavy atom. The molecule has 0 saturated carbocycles. The van der Waals surface area contributed by atoms with E-state index < -0.39 is 0 Å². The number of carbonyl (C=O) groups is 1. The van der Waals surface area contributed by atoms with Crippen LogP contribution in [0.5, 0.6) is 5.75 Å². The van der Waals surface area contributed by atoms with E-state index in [1.54, 1.807) is 0 Å². The van der Waals surface area contributed by atoms with Gasteiger partial charge < -0.3 is 9.47 Å². The highest BCUT2D eigenvalue weighted by Gasteiger charge is 2.17. The van der Waals surface area contributed by atoms with Gasteiger partial charge in [0.25, 0.3) is 0 Å². The van der Waals surface area contributed by atoms with E-state index >= 15 is 0 Å². The van der Waals surface area contributed by atoms with Gasteiger partial charge in [0.1, 0.15) is 5.75 Å². The first-order valence-corrected chi connectivity index (χ1v) is 7.35. The van der Waals surface area contributed by atoms with E-state index in [0.29, 0.717) is 18.1 Å². The highest BCUT2D eigenvalue weighted by Crippen LogP contribution is 2.30. The second-order valence-corrected chi connectivity index (χ2v) is 5.66. The molecule has 0 aliphatic rings. The van der Waals surface area contributed by atoms with Crippen LogP contribution < -0.4 is 4.74 Å². The second-order valence-electron chi connectivity index (χ2n) is 5.66. The molecule has 20 heavy (non-hydrogen) atoms. The summed E-state index contributed by atoms with van der Waals surface area (Å²) < 4.78 is 11.1. The summed E-state index contributed by atoms with van der Waals surface area (Å²) in [5, 5.41) is 0. The molecule has 0 aromatic heterocycles. The summed E-state index contributed by atoms with van der Waals surface area (Å²) in [5.74, 6) is 0.912. The topological polar surface area (TPSA) is 35.5 Å². The molecule has 0 N–H and O–H groups in total. The number of benzene rings is 1. The lowest BCUT2D eigenvalue weighted by molar-refractivity contribution is 0.0377. The molecule has 1 aromatic rings. The second kappa shape index (κ2) is 7.32. The van der Waals surface area contributed by atoms with E-state index in [4.69, 9.17) is 9.47 Å². The van der Waals surface area contributed by atoms with Crippen molar-refractivity contribution in [2.24, 2.45) is 0 Å². The lowest BCUT2D eigenvalue weighted by atomic mass is 9.96. The normalized spacial score (nSPS) is 11.0. The van der Waals surface area contributed by atoms with E-state index in [0.717, 1.165) is 23.3 Å². The van der Waals surface area contributed by atoms with Crippen molar-refractivity contribution in [2.45, 2.75) is 60.0 Å². The smallest absolute Gasteiger partial charge is 0.338 e. The third-order valence-corrected chi connectivity index (χ3v) is 3.00. The van der Waals surface area contributed by atoms with Crippen molar-refractivity contribution in [1.29, 1.82) is 0 Å². The van der Waals surface area contributed by atoms with Crippen molar-refractivity contribution >= 4 is 5.97 Å². The van der Waals surface area contributed by atoms with E-state index in [1.165, 1.54) is 0 Å². The number of carbonyl (C=O) groups excluding carboxylic acids is 1. The number of hydrogen-bond donors (Lipinski definition) is 0. The average Bonchev–Trinajstić information content (AvgIpc) is 2.34. The molecule has 0 spiro atoms. The average molecular weight is 278 g/mol. The number of rotatable bonds is 6. The van der Waals surface area contributed by atoms with Crippen LogP contribution in [0.2, 0.25) is 0 Å². The molecular formula is C17H26O3. The van der Waals surface area contributed by atoms with Crippen LogP contribution in [0.3, 0.4) is 0 Å². The summed E-state index contributed by atoms with van der Waals surface area (Å²) in [7, 11) is 0. The largest absolute Gasteiger partial charge is 0.493 e. The van der Waals surface area contributed by atoms with Crippen LogP contribution in [0, 0.1) is 6.92 Å². The van der Waals surface area contributed by atoms with Gasteiger partial charge in [-0.1, -0.05) is 20.8 Å². The van der Waals surface area contributed by atoms with E-state index in [2.05, 4.69) is 20.8 Å². The van der Waals surface area contributed by atoms with Gasteiger partial charge in [-0.3, -0.25) is 0 Å². The molecule has 0 radical (unpaired) electrons. The minimum Gasteiger partial charge on any atom is -0.493 e. The molecule has 0 saturated heterocycles. The molecule has 0 aliphatic heterocycles. The maximum Gasteiger partial charge on any atom is 0.338 e. The van der Waals surface area contributed by atoms with Crippen LogP contribution in [0.4, 0.5) is 0 Å². The molecule has 1 aromatic carbocycles. The Kier molecular flexibility index (Phi) is 6.05. The van der Waals surface area contributed by atoms with E-state index in [-0.39, 0.29) is 12.1 Å². The van der Waals surface area contributed by atoms with Gasteiger partial charge in [-0.05, 0) is 56.4 Å². The molecule has 3 heteroatoms. The van der Waals surface area contributed by atoms with E-state index in [9.17, 15) is 4.79 Å². The van der Waals surface area contributed by atoms with Gasteiger partial charge in [0.15, 0.2) is 0 Å². The lowest BCUT2D eigenvalue weighted by Gasteiger charge is -2.17. The predicted octanol–water partition coefficient (Wildman–Crippen LogP) is 4.47. The fourth-order valence-corrected chi connectivity index (χ4v) is 1.98. The van der Waals surface area contributed by atoms with Crippen LogP contribution in [0.1, 0.15) is 68.4 Å². The minimum absolute atomic E-state index is 0.111. The third-order valence-electron chi connectivity index (χ3n) is 3.00. The Morgan fingerprint density at radius 3 is 2.35 bits per heavy atom. The van der Waals surface area contributed by atoms with Crippen LogP contribution in [-0.4, -0.2) is 18.7 Å². The molecule has 0 atom stereocenters. The lowest BCUT2D eigenvalue weighted by Crippen LogP contribution is -2.14. The summed E-state index contributed by atoms with van der Waals surface area (Å²) in [6.07, 6.45) is 0.855. The Morgan fingerprint density at radius 1 is 1.20 bits per heavy atom. The summed E-state index contributed by atoms with van der Waals surface area (Å²) in [4.78, 5) is 12.1. The SMILES string of the molecule is CCCOc1cc(C)c(C(=O)OC(C)C)cc1C(C)C. The predicted molar refractivity (Wildman–Crippen MR) is 81.6 cm³/mol. The maximum atomic E-state index is 12.1. The summed E-state index contributed by atoms with van der Waals surface area (Å²) >= 11 is 0. The zero-order valence-corrected chi connectivity index (χ0v) is 13.4. The number of esters is 1. The first kappa shape index (κ1) is 16.5. The first-order valence-electron chi connectivity index (χ1n) is 7.35. The molecule has 0 unspecified atom stereocenters. The van der Waals surface area contributed by atoms with Gasteiger partial charge in [-0.15, -0.1) is 0 Å². The van der Waals surface area contributed by atoms with Crippen LogP contribution >= 0.6 is 0 Å². The van der Waals surface area contributed by atoms with Crippen molar-refractivity contribution in [3.05, 3.63) is 28.8 Å². The number of hydrogen-bond acceptors (Lipinski definition) is 3. The molecule has 0 fully saturated rings. The van der Waals surface area contributed by atoms with E-state index in [1.807, 2.05) is 32.9 Å². The highest BCUT2D eigenvalue weighted by atomic mass is 16.5. The Labute approximate surface area is 122 Å². The van der Waals surface area contributed by atoms with Crippen molar-refractivity contribution in [2.75, 3.05) is 6.61 Å². The third kappa shape index (κ3) is 4.26. The van der Waals surface area contributed by atoms with Crippen LogP contribution in [-0.2, 0) is 4.74 Å². The molecule has 1 rings (SSSR count). The van der Waals surface area contributed by atoms with Crippen molar-refractivity contribution in [1.82, 2.24) is 0 Å². The quantitative estimate of drug-likeness (QED) is 0.720. The van der Waals surface area contributed by atoms with Crippen molar-refractivity contribution < 1.29 is 14.3 Å². The molecule has 0 bridgehead atoms. The molecule has 3 nitrogen and oxygen atoms in total. The number of ether oxygens (including phenoxy) is 2. The highest BCUT2D eigenvalue weighted by molar-refractivity contribution is 5.91. The monoisotopic (exact) mass is 278 g/mol. The van der Waals surface area contributed by atoms with Gasteiger partial charge in [0.05, 0.1) is 18.3 Å². The fraction of sp³-hybridized carbons (Fsp3) is 0.588. The zero-order chi connectivity index (χ0) is 15.3. The molecular weight excluding hydrogens is 252 g/mol. The Balaban J connectivity index is 3.15. The molecule has 0 amide bonds. The van der Waals surface area contributed by atoms with Crippen molar-refractivity contribution in [3.63, 3.8) is 0 Å². The molecule has 0 heterocycles. The van der Waals surface area contributed by atoms with Gasteiger partial charge in [-0.2, -0.15) is 0 Å². The summed E-state index contributed by atoms with van der Waals surface area (Å²) in [6, 6.07) is 3.86. The summed E-state index contributed by atoms with van der Waals surface area (Å²) in [5.41, 5.74) is 2.58. The fourth-order valence-electron chi connectivity index (χ4n) is 1.98. The van der Waals surface area contributed by atoms with Crippen molar-refractivity contribution in [3.8, 4) is 5.75 Å². The van der Waals surface area contributed by atoms with Crippen LogP contribution in [0.15, 0.2) is 12.1 Å². The molecule has 112 valence electrons. The van der Waals surface area contributed by atoms with Gasteiger partial charge >= 0.3 is 5.97 Å².